The van der Waals surface area contributed by atoms with Crippen LogP contribution in [0.25, 0.3) is 5.69 Å². The van der Waals surface area contributed by atoms with Crippen molar-refractivity contribution in [3.8, 4) is 5.69 Å². The van der Waals surface area contributed by atoms with Gasteiger partial charge in [0.1, 0.15) is 0 Å². The second kappa shape index (κ2) is 7.41. The van der Waals surface area contributed by atoms with E-state index in [1.54, 1.807) is 42.8 Å². The van der Waals surface area contributed by atoms with Crippen LogP contribution in [0, 0.1) is 13.8 Å². The number of amides is 2. The average molecular weight is 369 g/mol. The fraction of sp³-hybridized carbons (Fsp3) is 0.105. The third kappa shape index (κ3) is 3.45. The highest BCUT2D eigenvalue weighted by atomic mass is 35.5. The maximum Gasteiger partial charge on any atom is 0.273 e. The van der Waals surface area contributed by atoms with Crippen molar-refractivity contribution in [2.24, 2.45) is 0 Å². The molecule has 0 bridgehead atoms. The van der Waals surface area contributed by atoms with Crippen molar-refractivity contribution in [3.63, 3.8) is 0 Å². The average Bonchev–Trinajstić information content (AvgIpc) is 2.95. The minimum Gasteiger partial charge on any atom is -0.267 e. The Morgan fingerprint density at radius 2 is 1.54 bits per heavy atom. The van der Waals surface area contributed by atoms with Crippen LogP contribution in [0.1, 0.15) is 32.1 Å². The van der Waals surface area contributed by atoms with Gasteiger partial charge in [-0.3, -0.25) is 20.4 Å². The first kappa shape index (κ1) is 17.7. The van der Waals surface area contributed by atoms with E-state index >= 15 is 0 Å². The first-order valence-electron chi connectivity index (χ1n) is 7.96. The highest BCUT2D eigenvalue weighted by Crippen LogP contribution is 2.18. The summed E-state index contributed by atoms with van der Waals surface area (Å²) in [4.78, 5) is 24.7. The molecule has 3 aromatic rings. The van der Waals surface area contributed by atoms with E-state index in [9.17, 15) is 9.59 Å². The van der Waals surface area contributed by atoms with E-state index in [1.807, 2.05) is 30.3 Å². The maximum atomic E-state index is 12.5. The zero-order valence-electron chi connectivity index (χ0n) is 14.3. The lowest BCUT2D eigenvalue weighted by Gasteiger charge is -2.09. The summed E-state index contributed by atoms with van der Waals surface area (Å²) in [6.45, 7) is 3.55. The molecule has 2 aromatic carbocycles. The number of nitrogens with zero attached hydrogens (tertiary/aromatic N) is 2. The molecule has 0 saturated carbocycles. The Balaban J connectivity index is 1.78. The summed E-state index contributed by atoms with van der Waals surface area (Å²) in [5.74, 6) is -0.933. The lowest BCUT2D eigenvalue weighted by Crippen LogP contribution is -2.42. The first-order valence-corrected chi connectivity index (χ1v) is 8.33. The van der Waals surface area contributed by atoms with E-state index in [1.165, 1.54) is 0 Å². The molecule has 0 unspecified atom stereocenters. The number of hydrogen-bond donors (Lipinski definition) is 2. The Labute approximate surface area is 155 Å². The van der Waals surface area contributed by atoms with Crippen LogP contribution >= 0.6 is 11.6 Å². The van der Waals surface area contributed by atoms with Crippen LogP contribution in [0.2, 0.25) is 5.02 Å². The van der Waals surface area contributed by atoms with Gasteiger partial charge in [-0.2, -0.15) is 5.10 Å². The summed E-state index contributed by atoms with van der Waals surface area (Å²) < 4.78 is 1.69. The number of hydrogen-bond acceptors (Lipinski definition) is 3. The molecular formula is C19H17ClN4O2. The Bertz CT molecular complexity index is 967. The molecule has 3 rings (SSSR count). The highest BCUT2D eigenvalue weighted by molar-refractivity contribution is 6.33. The molecule has 0 aliphatic carbocycles. The molecule has 2 amide bonds. The van der Waals surface area contributed by atoms with Crippen molar-refractivity contribution in [1.29, 1.82) is 0 Å². The minimum absolute atomic E-state index is 0.280. The smallest absolute Gasteiger partial charge is 0.267 e. The Kier molecular flexibility index (Phi) is 5.04. The summed E-state index contributed by atoms with van der Waals surface area (Å²) in [6, 6.07) is 16.1. The van der Waals surface area contributed by atoms with Crippen molar-refractivity contribution in [3.05, 3.63) is 82.1 Å². The summed E-state index contributed by atoms with van der Waals surface area (Å²) >= 11 is 5.99. The van der Waals surface area contributed by atoms with E-state index < -0.39 is 11.8 Å². The second-order valence-corrected chi connectivity index (χ2v) is 6.09. The summed E-state index contributed by atoms with van der Waals surface area (Å²) in [5, 5.41) is 4.73. The van der Waals surface area contributed by atoms with E-state index in [2.05, 4.69) is 16.0 Å². The molecule has 1 heterocycles. The quantitative estimate of drug-likeness (QED) is 0.697. The molecule has 132 valence electrons. The maximum absolute atomic E-state index is 12.5. The van der Waals surface area contributed by atoms with Crippen LogP contribution in [0.15, 0.2) is 54.6 Å². The fourth-order valence-corrected chi connectivity index (χ4v) is 2.90. The predicted molar refractivity (Wildman–Crippen MR) is 99.4 cm³/mol. The number of carbonyl (C=O) groups is 2. The number of rotatable bonds is 3. The monoisotopic (exact) mass is 368 g/mol. The van der Waals surface area contributed by atoms with Gasteiger partial charge in [0.25, 0.3) is 11.8 Å². The molecule has 0 aliphatic heterocycles. The van der Waals surface area contributed by atoms with Gasteiger partial charge in [0, 0.05) is 0 Å². The van der Waals surface area contributed by atoms with Gasteiger partial charge in [-0.15, -0.1) is 0 Å². The zero-order chi connectivity index (χ0) is 18.7. The van der Waals surface area contributed by atoms with Gasteiger partial charge in [0.15, 0.2) is 0 Å². The van der Waals surface area contributed by atoms with E-state index in [-0.39, 0.29) is 5.56 Å². The van der Waals surface area contributed by atoms with Crippen molar-refractivity contribution in [1.82, 2.24) is 20.6 Å². The molecule has 1 aromatic heterocycles. The van der Waals surface area contributed by atoms with Crippen LogP contribution < -0.4 is 10.9 Å². The fourth-order valence-electron chi connectivity index (χ4n) is 2.68. The third-order valence-electron chi connectivity index (χ3n) is 3.93. The van der Waals surface area contributed by atoms with Gasteiger partial charge in [-0.25, -0.2) is 4.68 Å². The number of nitrogens with one attached hydrogen (secondary N) is 2. The van der Waals surface area contributed by atoms with Gasteiger partial charge in [0.05, 0.1) is 33.2 Å². The van der Waals surface area contributed by atoms with Crippen molar-refractivity contribution >= 4 is 23.4 Å². The molecule has 0 saturated heterocycles. The van der Waals surface area contributed by atoms with Gasteiger partial charge in [-0.05, 0) is 38.1 Å². The van der Waals surface area contributed by atoms with Crippen LogP contribution in [0.3, 0.4) is 0 Å². The Hall–Kier alpha value is -3.12. The van der Waals surface area contributed by atoms with Gasteiger partial charge in [-0.1, -0.05) is 41.9 Å². The van der Waals surface area contributed by atoms with E-state index in [0.29, 0.717) is 22.0 Å². The van der Waals surface area contributed by atoms with Crippen LogP contribution in [-0.2, 0) is 0 Å². The Morgan fingerprint density at radius 3 is 2.23 bits per heavy atom. The number of aryl methyl sites for hydroxylation is 1. The first-order chi connectivity index (χ1) is 12.5. The molecule has 0 fully saturated rings. The Morgan fingerprint density at radius 1 is 0.923 bits per heavy atom. The van der Waals surface area contributed by atoms with Crippen molar-refractivity contribution < 1.29 is 9.59 Å². The normalized spacial score (nSPS) is 10.4. The second-order valence-electron chi connectivity index (χ2n) is 5.68. The lowest BCUT2D eigenvalue weighted by molar-refractivity contribution is 0.0846. The number of hydrazine groups is 1. The number of aromatic nitrogens is 2. The van der Waals surface area contributed by atoms with Crippen LogP contribution in [0.4, 0.5) is 0 Å². The molecule has 6 nitrogen and oxygen atoms in total. The standard InChI is InChI=1S/C19H17ClN4O2/c1-12-17(13(2)24(23-12)14-8-4-3-5-9-14)19(26)22-21-18(25)15-10-6-7-11-16(15)20/h3-11H,1-2H3,(H,21,25)(H,22,26). The molecule has 0 atom stereocenters. The van der Waals surface area contributed by atoms with Gasteiger partial charge < -0.3 is 0 Å². The van der Waals surface area contributed by atoms with Gasteiger partial charge in [0.2, 0.25) is 0 Å². The SMILES string of the molecule is Cc1nn(-c2ccccc2)c(C)c1C(=O)NNC(=O)c1ccccc1Cl. The molecule has 7 heteroatoms. The molecule has 2 N–H and O–H groups in total. The minimum atomic E-state index is -0.491. The number of halogens is 1. The summed E-state index contributed by atoms with van der Waals surface area (Å²) in [5.41, 5.74) is 7.59. The summed E-state index contributed by atoms with van der Waals surface area (Å²) in [7, 11) is 0. The molecular weight excluding hydrogens is 352 g/mol. The van der Waals surface area contributed by atoms with E-state index in [0.717, 1.165) is 5.69 Å². The summed E-state index contributed by atoms with van der Waals surface area (Å²) in [6.07, 6.45) is 0. The largest absolute Gasteiger partial charge is 0.273 e. The highest BCUT2D eigenvalue weighted by Gasteiger charge is 2.20. The zero-order valence-corrected chi connectivity index (χ0v) is 15.0. The predicted octanol–water partition coefficient (Wildman–Crippen LogP) is 3.22. The van der Waals surface area contributed by atoms with Crippen LogP contribution in [0.5, 0.6) is 0 Å². The number of carbonyl (C=O) groups excluding carboxylic acids is 2. The lowest BCUT2D eigenvalue weighted by atomic mass is 10.2. The topological polar surface area (TPSA) is 76.0 Å². The number of para-hydroxylation sites is 1. The third-order valence-corrected chi connectivity index (χ3v) is 4.26. The molecule has 0 aliphatic rings. The van der Waals surface area contributed by atoms with Gasteiger partial charge >= 0.3 is 0 Å². The molecule has 0 radical (unpaired) electrons. The van der Waals surface area contributed by atoms with Crippen LogP contribution in [-0.4, -0.2) is 21.6 Å². The van der Waals surface area contributed by atoms with E-state index in [4.69, 9.17) is 11.6 Å². The van der Waals surface area contributed by atoms with Crippen molar-refractivity contribution in [2.45, 2.75) is 13.8 Å². The number of benzene rings is 2. The van der Waals surface area contributed by atoms with Crippen molar-refractivity contribution in [2.75, 3.05) is 0 Å². The molecule has 26 heavy (non-hydrogen) atoms. The molecule has 0 spiro atoms.